The van der Waals surface area contributed by atoms with Gasteiger partial charge in [-0.25, -0.2) is 0 Å². The SMILES string of the molecule is CCC(CSC)N(C)CC(C(=N)N)c1ccccc1. The molecular weight excluding hydrogens is 254 g/mol. The molecule has 0 bridgehead atoms. The second kappa shape index (κ2) is 8.23. The van der Waals surface area contributed by atoms with E-state index in [-0.39, 0.29) is 11.8 Å². The van der Waals surface area contributed by atoms with Crippen molar-refractivity contribution < 1.29 is 0 Å². The normalized spacial score (nSPS) is 14.3. The molecule has 2 unspecified atom stereocenters. The van der Waals surface area contributed by atoms with Gasteiger partial charge in [-0.2, -0.15) is 11.8 Å². The first kappa shape index (κ1) is 16.1. The Labute approximate surface area is 121 Å². The molecule has 0 aromatic heterocycles. The summed E-state index contributed by atoms with van der Waals surface area (Å²) >= 11 is 1.87. The van der Waals surface area contributed by atoms with E-state index in [1.807, 2.05) is 30.0 Å². The fourth-order valence-electron chi connectivity index (χ4n) is 2.25. The van der Waals surface area contributed by atoms with E-state index in [9.17, 15) is 0 Å². The molecule has 0 aliphatic heterocycles. The van der Waals surface area contributed by atoms with E-state index in [0.717, 1.165) is 24.3 Å². The van der Waals surface area contributed by atoms with Gasteiger partial charge in [-0.1, -0.05) is 37.3 Å². The third-order valence-electron chi connectivity index (χ3n) is 3.50. The van der Waals surface area contributed by atoms with Crippen LogP contribution in [-0.4, -0.2) is 42.4 Å². The number of thioether (sulfide) groups is 1. The van der Waals surface area contributed by atoms with Gasteiger partial charge in [0.05, 0.1) is 11.8 Å². The van der Waals surface area contributed by atoms with Gasteiger partial charge in [-0.3, -0.25) is 5.41 Å². The highest BCUT2D eigenvalue weighted by molar-refractivity contribution is 7.98. The van der Waals surface area contributed by atoms with E-state index in [1.165, 1.54) is 0 Å². The van der Waals surface area contributed by atoms with Crippen LogP contribution in [0.1, 0.15) is 24.8 Å². The smallest absolute Gasteiger partial charge is 0.0995 e. The number of nitrogens with two attached hydrogens (primary N) is 1. The highest BCUT2D eigenvalue weighted by Crippen LogP contribution is 2.19. The maximum atomic E-state index is 7.83. The maximum Gasteiger partial charge on any atom is 0.0995 e. The molecule has 3 N–H and O–H groups in total. The van der Waals surface area contributed by atoms with Crippen LogP contribution in [0.2, 0.25) is 0 Å². The van der Waals surface area contributed by atoms with Gasteiger partial charge in [-0.05, 0) is 25.3 Å². The molecule has 2 atom stereocenters. The van der Waals surface area contributed by atoms with Crippen molar-refractivity contribution in [2.75, 3.05) is 25.6 Å². The third-order valence-corrected chi connectivity index (χ3v) is 4.22. The van der Waals surface area contributed by atoms with Gasteiger partial charge in [0.2, 0.25) is 0 Å². The Morgan fingerprint density at radius 3 is 2.47 bits per heavy atom. The van der Waals surface area contributed by atoms with Crippen molar-refractivity contribution in [3.63, 3.8) is 0 Å². The van der Waals surface area contributed by atoms with Crippen molar-refractivity contribution in [2.45, 2.75) is 25.3 Å². The van der Waals surface area contributed by atoms with Crippen LogP contribution in [0.3, 0.4) is 0 Å². The van der Waals surface area contributed by atoms with Gasteiger partial charge < -0.3 is 10.6 Å². The fourth-order valence-corrected chi connectivity index (χ4v) is 3.13. The molecule has 106 valence electrons. The average molecular weight is 279 g/mol. The Bertz CT molecular complexity index is 380. The van der Waals surface area contributed by atoms with Crippen LogP contribution in [0.5, 0.6) is 0 Å². The number of hydrogen-bond donors (Lipinski definition) is 2. The lowest BCUT2D eigenvalue weighted by Crippen LogP contribution is -2.39. The zero-order valence-electron chi connectivity index (χ0n) is 12.1. The lowest BCUT2D eigenvalue weighted by atomic mass is 9.97. The number of hydrogen-bond acceptors (Lipinski definition) is 3. The van der Waals surface area contributed by atoms with Crippen LogP contribution >= 0.6 is 11.8 Å². The van der Waals surface area contributed by atoms with Crippen LogP contribution in [0.15, 0.2) is 30.3 Å². The van der Waals surface area contributed by atoms with Gasteiger partial charge in [0.1, 0.15) is 0 Å². The Morgan fingerprint density at radius 2 is 2.00 bits per heavy atom. The topological polar surface area (TPSA) is 53.1 Å². The second-order valence-electron chi connectivity index (χ2n) is 4.88. The monoisotopic (exact) mass is 279 g/mol. The number of likely N-dealkylation sites (N-methyl/N-ethyl adjacent to an activating group) is 1. The molecule has 0 saturated heterocycles. The zero-order chi connectivity index (χ0) is 14.3. The highest BCUT2D eigenvalue weighted by atomic mass is 32.2. The van der Waals surface area contributed by atoms with E-state index in [1.54, 1.807) is 0 Å². The quantitative estimate of drug-likeness (QED) is 0.568. The molecule has 0 fully saturated rings. The molecule has 1 rings (SSSR count). The predicted molar refractivity (Wildman–Crippen MR) is 86.2 cm³/mol. The molecule has 4 heteroatoms. The first-order valence-corrected chi connectivity index (χ1v) is 8.07. The molecule has 3 nitrogen and oxygen atoms in total. The Kier molecular flexibility index (Phi) is 6.95. The summed E-state index contributed by atoms with van der Waals surface area (Å²) in [7, 11) is 2.13. The Balaban J connectivity index is 2.77. The summed E-state index contributed by atoms with van der Waals surface area (Å²) in [6.07, 6.45) is 3.26. The number of benzene rings is 1. The van der Waals surface area contributed by atoms with E-state index in [0.29, 0.717) is 6.04 Å². The summed E-state index contributed by atoms with van der Waals surface area (Å²) < 4.78 is 0. The van der Waals surface area contributed by atoms with E-state index in [2.05, 4.69) is 37.3 Å². The molecule has 0 saturated carbocycles. The standard InChI is InChI=1S/C15H25N3S/c1-4-13(11-19-3)18(2)10-14(15(16)17)12-8-6-5-7-9-12/h5-9,13-14H,4,10-11H2,1-3H3,(H3,16,17). The predicted octanol–water partition coefficient (Wildman–Crippen LogP) is 2.78. The molecule has 0 spiro atoms. The van der Waals surface area contributed by atoms with Gasteiger partial charge in [-0.15, -0.1) is 0 Å². The lowest BCUT2D eigenvalue weighted by molar-refractivity contribution is 0.253. The van der Waals surface area contributed by atoms with Crippen LogP contribution in [0, 0.1) is 5.41 Å². The van der Waals surface area contributed by atoms with Crippen molar-refractivity contribution in [3.8, 4) is 0 Å². The molecule has 0 heterocycles. The number of rotatable bonds is 8. The number of nitrogens with one attached hydrogen (secondary N) is 1. The van der Waals surface area contributed by atoms with E-state index in [4.69, 9.17) is 11.1 Å². The highest BCUT2D eigenvalue weighted by Gasteiger charge is 2.20. The third kappa shape index (κ3) is 4.88. The lowest BCUT2D eigenvalue weighted by Gasteiger charge is -2.30. The molecule has 0 aliphatic carbocycles. The minimum Gasteiger partial charge on any atom is -0.387 e. The summed E-state index contributed by atoms with van der Waals surface area (Å²) in [5, 5.41) is 7.83. The van der Waals surface area contributed by atoms with Gasteiger partial charge in [0, 0.05) is 18.3 Å². The summed E-state index contributed by atoms with van der Waals surface area (Å²) in [5.74, 6) is 1.35. The fraction of sp³-hybridized carbons (Fsp3) is 0.533. The van der Waals surface area contributed by atoms with Gasteiger partial charge in [0.15, 0.2) is 0 Å². The molecule has 0 radical (unpaired) electrons. The zero-order valence-corrected chi connectivity index (χ0v) is 12.9. The average Bonchev–Trinajstić information content (AvgIpc) is 2.42. The summed E-state index contributed by atoms with van der Waals surface area (Å²) in [6.45, 7) is 3.01. The second-order valence-corrected chi connectivity index (χ2v) is 5.79. The minimum absolute atomic E-state index is 0.0119. The molecule has 1 aromatic rings. The van der Waals surface area contributed by atoms with E-state index >= 15 is 0 Å². The number of nitrogens with zero attached hydrogens (tertiary/aromatic N) is 1. The summed E-state index contributed by atoms with van der Waals surface area (Å²) in [5.41, 5.74) is 6.91. The largest absolute Gasteiger partial charge is 0.387 e. The molecular formula is C15H25N3S. The number of amidine groups is 1. The van der Waals surface area contributed by atoms with Crippen LogP contribution in [0.4, 0.5) is 0 Å². The van der Waals surface area contributed by atoms with Crippen LogP contribution < -0.4 is 5.73 Å². The summed E-state index contributed by atoms with van der Waals surface area (Å²) in [4.78, 5) is 2.33. The van der Waals surface area contributed by atoms with Crippen LogP contribution in [-0.2, 0) is 0 Å². The first-order valence-electron chi connectivity index (χ1n) is 6.68. The van der Waals surface area contributed by atoms with E-state index < -0.39 is 0 Å². The van der Waals surface area contributed by atoms with Crippen molar-refractivity contribution in [2.24, 2.45) is 5.73 Å². The maximum absolute atomic E-state index is 7.83. The summed E-state index contributed by atoms with van der Waals surface area (Å²) in [6, 6.07) is 10.6. The van der Waals surface area contributed by atoms with Gasteiger partial charge >= 0.3 is 0 Å². The minimum atomic E-state index is -0.0119. The molecule has 19 heavy (non-hydrogen) atoms. The molecule has 0 aliphatic rings. The van der Waals surface area contributed by atoms with Crippen LogP contribution in [0.25, 0.3) is 0 Å². The first-order chi connectivity index (χ1) is 9.10. The van der Waals surface area contributed by atoms with Crippen molar-refractivity contribution in [3.05, 3.63) is 35.9 Å². The molecule has 1 aromatic carbocycles. The van der Waals surface area contributed by atoms with Gasteiger partial charge in [0.25, 0.3) is 0 Å². The van der Waals surface area contributed by atoms with Crippen molar-refractivity contribution in [1.82, 2.24) is 4.90 Å². The van der Waals surface area contributed by atoms with Crippen molar-refractivity contribution >= 4 is 17.6 Å². The Morgan fingerprint density at radius 1 is 1.37 bits per heavy atom. The van der Waals surface area contributed by atoms with Crippen molar-refractivity contribution in [1.29, 1.82) is 5.41 Å². The molecule has 0 amide bonds. The Hall–Kier alpha value is -1.00.